The summed E-state index contributed by atoms with van der Waals surface area (Å²) in [6.45, 7) is 0. The van der Waals surface area contributed by atoms with Gasteiger partial charge in [-0.3, -0.25) is 0 Å². The van der Waals surface area contributed by atoms with Gasteiger partial charge in [0, 0.05) is 16.2 Å². The Kier molecular flexibility index (Phi) is 2.98. The van der Waals surface area contributed by atoms with Gasteiger partial charge >= 0.3 is 0 Å². The molecule has 0 saturated heterocycles. The maximum absolute atomic E-state index is 13.5. The van der Waals surface area contributed by atoms with Crippen LogP contribution in [0.25, 0.3) is 11.3 Å². The minimum atomic E-state index is -0.362. The van der Waals surface area contributed by atoms with E-state index in [-0.39, 0.29) is 5.82 Å². The molecule has 0 radical (unpaired) electrons. The lowest BCUT2D eigenvalue weighted by Crippen LogP contribution is -1.90. The molecular weight excluding hydrogens is 282 g/mol. The van der Waals surface area contributed by atoms with Crippen molar-refractivity contribution in [1.82, 2.24) is 9.97 Å². The second kappa shape index (κ2) is 4.24. The Morgan fingerprint density at radius 3 is 2.87 bits per heavy atom. The normalized spacial score (nSPS) is 10.3. The molecule has 2 rings (SSSR count). The maximum atomic E-state index is 13.5. The van der Waals surface area contributed by atoms with Crippen LogP contribution in [0.5, 0.6) is 0 Å². The van der Waals surface area contributed by atoms with Gasteiger partial charge in [0.25, 0.3) is 0 Å². The standard InChI is InChI=1S/C10H5BrClFN2/c11-6-1-2-9(13)7(3-6)10-8(12)4-14-5-15-10/h1-5H. The maximum Gasteiger partial charge on any atom is 0.132 e. The van der Waals surface area contributed by atoms with Crippen molar-refractivity contribution in [3.63, 3.8) is 0 Å². The minimum Gasteiger partial charge on any atom is -0.243 e. The third-order valence-corrected chi connectivity index (χ3v) is 2.62. The van der Waals surface area contributed by atoms with Crippen LogP contribution in [0.15, 0.2) is 35.2 Å². The van der Waals surface area contributed by atoms with Crippen LogP contribution in [0, 0.1) is 5.82 Å². The molecule has 1 heterocycles. The van der Waals surface area contributed by atoms with Crippen LogP contribution < -0.4 is 0 Å². The lowest BCUT2D eigenvalue weighted by Gasteiger charge is -2.04. The van der Waals surface area contributed by atoms with Gasteiger partial charge in [-0.1, -0.05) is 27.5 Å². The van der Waals surface area contributed by atoms with Gasteiger partial charge in [0.1, 0.15) is 12.1 Å². The molecule has 0 saturated carbocycles. The Balaban J connectivity index is 2.64. The molecule has 0 fully saturated rings. The zero-order valence-electron chi connectivity index (χ0n) is 7.42. The molecule has 0 aliphatic heterocycles. The van der Waals surface area contributed by atoms with E-state index in [4.69, 9.17) is 11.6 Å². The molecule has 0 aliphatic rings. The van der Waals surface area contributed by atoms with Crippen molar-refractivity contribution in [2.45, 2.75) is 0 Å². The van der Waals surface area contributed by atoms with Gasteiger partial charge < -0.3 is 0 Å². The van der Waals surface area contributed by atoms with E-state index in [1.165, 1.54) is 18.6 Å². The summed E-state index contributed by atoms with van der Waals surface area (Å²) in [5.41, 5.74) is 0.752. The quantitative estimate of drug-likeness (QED) is 0.799. The fourth-order valence-electron chi connectivity index (χ4n) is 1.19. The number of halogens is 3. The highest BCUT2D eigenvalue weighted by atomic mass is 79.9. The Labute approximate surface area is 99.3 Å². The highest BCUT2D eigenvalue weighted by molar-refractivity contribution is 9.10. The van der Waals surface area contributed by atoms with E-state index in [9.17, 15) is 4.39 Å². The summed E-state index contributed by atoms with van der Waals surface area (Å²) in [4.78, 5) is 7.69. The first-order chi connectivity index (χ1) is 7.18. The van der Waals surface area contributed by atoms with Crippen molar-refractivity contribution >= 4 is 27.5 Å². The fraction of sp³-hybridized carbons (Fsp3) is 0. The van der Waals surface area contributed by atoms with Crippen molar-refractivity contribution < 1.29 is 4.39 Å². The van der Waals surface area contributed by atoms with Crippen LogP contribution in [0.3, 0.4) is 0 Å². The number of hydrogen-bond donors (Lipinski definition) is 0. The average molecular weight is 288 g/mol. The first-order valence-corrected chi connectivity index (χ1v) is 5.26. The molecule has 0 N–H and O–H groups in total. The van der Waals surface area contributed by atoms with Crippen LogP contribution in [-0.2, 0) is 0 Å². The van der Waals surface area contributed by atoms with Crippen LogP contribution in [-0.4, -0.2) is 9.97 Å². The summed E-state index contributed by atoms with van der Waals surface area (Å²) < 4.78 is 14.3. The Hall–Kier alpha value is -1.00. The van der Waals surface area contributed by atoms with E-state index in [1.807, 2.05) is 0 Å². The molecule has 0 bridgehead atoms. The van der Waals surface area contributed by atoms with Crippen molar-refractivity contribution in [3.05, 3.63) is 46.0 Å². The lowest BCUT2D eigenvalue weighted by atomic mass is 10.1. The van der Waals surface area contributed by atoms with Gasteiger partial charge in [0.05, 0.1) is 10.7 Å². The summed E-state index contributed by atoms with van der Waals surface area (Å²) in [6.07, 6.45) is 2.77. The molecule has 15 heavy (non-hydrogen) atoms. The fourth-order valence-corrected chi connectivity index (χ4v) is 1.76. The van der Waals surface area contributed by atoms with Crippen LogP contribution in [0.1, 0.15) is 0 Å². The van der Waals surface area contributed by atoms with E-state index in [2.05, 4.69) is 25.9 Å². The molecule has 0 spiro atoms. The topological polar surface area (TPSA) is 25.8 Å². The van der Waals surface area contributed by atoms with Gasteiger partial charge in [-0.05, 0) is 18.2 Å². The van der Waals surface area contributed by atoms with Gasteiger partial charge in [-0.25, -0.2) is 14.4 Å². The molecular formula is C10H5BrClFN2. The molecule has 5 heteroatoms. The van der Waals surface area contributed by atoms with Gasteiger partial charge in [-0.15, -0.1) is 0 Å². The molecule has 0 unspecified atom stereocenters. The number of hydrogen-bond acceptors (Lipinski definition) is 2. The van der Waals surface area contributed by atoms with Crippen LogP contribution in [0.4, 0.5) is 4.39 Å². The van der Waals surface area contributed by atoms with E-state index in [0.717, 1.165) is 4.47 Å². The monoisotopic (exact) mass is 286 g/mol. The van der Waals surface area contributed by atoms with Gasteiger partial charge in [0.15, 0.2) is 0 Å². The molecule has 1 aromatic heterocycles. The highest BCUT2D eigenvalue weighted by Crippen LogP contribution is 2.29. The Morgan fingerprint density at radius 1 is 1.33 bits per heavy atom. The second-order valence-corrected chi connectivity index (χ2v) is 4.17. The number of rotatable bonds is 1. The van der Waals surface area contributed by atoms with E-state index in [1.54, 1.807) is 12.1 Å². The molecule has 2 aromatic rings. The number of nitrogens with zero attached hydrogens (tertiary/aromatic N) is 2. The predicted octanol–water partition coefficient (Wildman–Crippen LogP) is 3.70. The molecule has 0 amide bonds. The third-order valence-electron chi connectivity index (χ3n) is 1.85. The molecule has 1 aromatic carbocycles. The molecule has 0 atom stereocenters. The first kappa shape index (κ1) is 10.5. The second-order valence-electron chi connectivity index (χ2n) is 2.84. The van der Waals surface area contributed by atoms with Crippen LogP contribution in [0.2, 0.25) is 5.02 Å². The Morgan fingerprint density at radius 2 is 2.13 bits per heavy atom. The van der Waals surface area contributed by atoms with Crippen molar-refractivity contribution in [2.24, 2.45) is 0 Å². The summed E-state index contributed by atoms with van der Waals surface area (Å²) >= 11 is 9.14. The van der Waals surface area contributed by atoms with Crippen molar-refractivity contribution in [1.29, 1.82) is 0 Å². The SMILES string of the molecule is Fc1ccc(Br)cc1-c1ncncc1Cl. The van der Waals surface area contributed by atoms with E-state index in [0.29, 0.717) is 16.3 Å². The number of benzene rings is 1. The lowest BCUT2D eigenvalue weighted by molar-refractivity contribution is 0.630. The molecule has 2 nitrogen and oxygen atoms in total. The minimum absolute atomic E-state index is 0.328. The average Bonchev–Trinajstić information content (AvgIpc) is 2.23. The third kappa shape index (κ3) is 2.16. The summed E-state index contributed by atoms with van der Waals surface area (Å²) in [6, 6.07) is 4.61. The van der Waals surface area contributed by atoms with E-state index < -0.39 is 0 Å². The summed E-state index contributed by atoms with van der Waals surface area (Å²) in [5, 5.41) is 0.328. The highest BCUT2D eigenvalue weighted by Gasteiger charge is 2.10. The number of aromatic nitrogens is 2. The predicted molar refractivity (Wildman–Crippen MR) is 60.1 cm³/mol. The van der Waals surface area contributed by atoms with Crippen LogP contribution >= 0.6 is 27.5 Å². The van der Waals surface area contributed by atoms with Crippen molar-refractivity contribution in [3.8, 4) is 11.3 Å². The molecule has 0 aliphatic carbocycles. The summed E-state index contributed by atoms with van der Waals surface area (Å²) in [7, 11) is 0. The Bertz CT molecular complexity index is 505. The first-order valence-electron chi connectivity index (χ1n) is 4.09. The zero-order chi connectivity index (χ0) is 10.8. The van der Waals surface area contributed by atoms with Crippen molar-refractivity contribution in [2.75, 3.05) is 0 Å². The summed E-state index contributed by atoms with van der Waals surface area (Å²) in [5.74, 6) is -0.362. The molecule has 76 valence electrons. The smallest absolute Gasteiger partial charge is 0.132 e. The van der Waals surface area contributed by atoms with Gasteiger partial charge in [-0.2, -0.15) is 0 Å². The zero-order valence-corrected chi connectivity index (χ0v) is 9.76. The van der Waals surface area contributed by atoms with E-state index >= 15 is 0 Å². The van der Waals surface area contributed by atoms with Gasteiger partial charge in [0.2, 0.25) is 0 Å². The largest absolute Gasteiger partial charge is 0.243 e.